The number of amides is 1. The lowest BCUT2D eigenvalue weighted by atomic mass is 9.86. The molecule has 1 aromatic heterocycles. The number of nitriles is 1. The van der Waals surface area contributed by atoms with Gasteiger partial charge in [0.25, 0.3) is 5.91 Å². The highest BCUT2D eigenvalue weighted by Crippen LogP contribution is 2.28. The maximum atomic E-state index is 12.6. The predicted octanol–water partition coefficient (Wildman–Crippen LogP) is 2.64. The molecule has 1 aromatic carbocycles. The zero-order valence-electron chi connectivity index (χ0n) is 17.6. The van der Waals surface area contributed by atoms with Crippen molar-refractivity contribution in [3.8, 4) is 6.07 Å². The molecule has 166 valence electrons. The van der Waals surface area contributed by atoms with Crippen molar-refractivity contribution < 1.29 is 16.1 Å². The number of nitrogens with zero attached hydrogens (tertiary/aromatic N) is 4. The molecule has 4 rings (SSSR count). The molecule has 0 unspecified atom stereocenters. The Balaban J connectivity index is 0.00000289. The molecule has 1 saturated carbocycles. The van der Waals surface area contributed by atoms with Crippen LogP contribution in [0.5, 0.6) is 0 Å². The zero-order valence-corrected chi connectivity index (χ0v) is 17.6. The van der Waals surface area contributed by atoms with Crippen LogP contribution >= 0.6 is 0 Å². The van der Waals surface area contributed by atoms with Crippen molar-refractivity contribution >= 4 is 5.91 Å². The number of rotatable bonds is 7. The van der Waals surface area contributed by atoms with Gasteiger partial charge in [0, 0.05) is 19.6 Å². The fourth-order valence-electron chi connectivity index (χ4n) is 4.61. The van der Waals surface area contributed by atoms with Crippen molar-refractivity contribution in [3.63, 3.8) is 0 Å². The number of aromatic nitrogens is 3. The first-order valence-electron chi connectivity index (χ1n) is 11.1. The Hall–Kier alpha value is -2.76. The summed E-state index contributed by atoms with van der Waals surface area (Å²) in [5, 5.41) is 30.4. The standard InChI is InChI=1S/C23H29N5O3.H2/c24-12-17-7-4-8-18(9-17)23(30)25-21(14-29)22-11-20(15-31-22)28-13-19(26-27-28)10-16-5-2-1-3-6-16;/h4,7-9,13,16,20-22,29H,1-3,5-6,10-11,14-15H2,(H,25,30);1H/t20-,21+,22+;/m1./s1. The highest BCUT2D eigenvalue weighted by Gasteiger charge is 2.34. The van der Waals surface area contributed by atoms with Crippen LogP contribution in [0.2, 0.25) is 0 Å². The van der Waals surface area contributed by atoms with E-state index in [0.717, 1.165) is 12.1 Å². The minimum absolute atomic E-state index is 0. The molecule has 2 heterocycles. The van der Waals surface area contributed by atoms with E-state index in [-0.39, 0.29) is 26.1 Å². The van der Waals surface area contributed by atoms with Crippen LogP contribution in [0, 0.1) is 17.2 Å². The molecule has 31 heavy (non-hydrogen) atoms. The first-order chi connectivity index (χ1) is 15.2. The lowest BCUT2D eigenvalue weighted by Gasteiger charge is -2.22. The number of hydrogen-bond acceptors (Lipinski definition) is 6. The molecule has 2 aliphatic rings. The quantitative estimate of drug-likeness (QED) is 0.705. The van der Waals surface area contributed by atoms with E-state index in [4.69, 9.17) is 10.00 Å². The molecule has 2 fully saturated rings. The summed E-state index contributed by atoms with van der Waals surface area (Å²) in [6.45, 7) is 0.235. The molecular weight excluding hydrogens is 394 g/mol. The smallest absolute Gasteiger partial charge is 0.251 e. The number of benzene rings is 1. The number of aliphatic hydroxyl groups excluding tert-OH is 1. The summed E-state index contributed by atoms with van der Waals surface area (Å²) in [4.78, 5) is 12.6. The average Bonchev–Trinajstić information content (AvgIpc) is 3.48. The van der Waals surface area contributed by atoms with Crippen LogP contribution in [0.25, 0.3) is 0 Å². The third kappa shape index (κ3) is 5.30. The highest BCUT2D eigenvalue weighted by atomic mass is 16.5. The maximum absolute atomic E-state index is 12.6. The van der Waals surface area contributed by atoms with Crippen molar-refractivity contribution in [3.05, 3.63) is 47.3 Å². The van der Waals surface area contributed by atoms with Gasteiger partial charge in [-0.05, 0) is 30.5 Å². The van der Waals surface area contributed by atoms with E-state index in [0.29, 0.717) is 30.1 Å². The van der Waals surface area contributed by atoms with Crippen LogP contribution in [0.3, 0.4) is 0 Å². The summed E-state index contributed by atoms with van der Waals surface area (Å²) < 4.78 is 7.76. The Bertz CT molecular complexity index is 938. The molecule has 1 aliphatic heterocycles. The maximum Gasteiger partial charge on any atom is 0.251 e. The van der Waals surface area contributed by atoms with E-state index in [2.05, 4.69) is 15.6 Å². The predicted molar refractivity (Wildman–Crippen MR) is 115 cm³/mol. The monoisotopic (exact) mass is 425 g/mol. The van der Waals surface area contributed by atoms with Crippen molar-refractivity contribution in [2.75, 3.05) is 13.2 Å². The first-order valence-corrected chi connectivity index (χ1v) is 11.1. The second-order valence-electron chi connectivity index (χ2n) is 8.61. The lowest BCUT2D eigenvalue weighted by molar-refractivity contribution is 0.0490. The van der Waals surface area contributed by atoms with Gasteiger partial charge < -0.3 is 15.2 Å². The number of carbonyl (C=O) groups excluding carboxylic acids is 1. The fraction of sp³-hybridized carbons (Fsp3) is 0.565. The van der Waals surface area contributed by atoms with Gasteiger partial charge in [0.1, 0.15) is 0 Å². The van der Waals surface area contributed by atoms with E-state index < -0.39 is 6.04 Å². The summed E-state index contributed by atoms with van der Waals surface area (Å²) in [6.07, 6.45) is 9.83. The number of hydrogen-bond donors (Lipinski definition) is 2. The molecular formula is C23H31N5O3. The Morgan fingerprint density at radius 2 is 2.23 bits per heavy atom. The van der Waals surface area contributed by atoms with Gasteiger partial charge in [-0.2, -0.15) is 5.26 Å². The first kappa shape index (κ1) is 21.5. The van der Waals surface area contributed by atoms with Crippen LogP contribution in [-0.4, -0.2) is 51.4 Å². The van der Waals surface area contributed by atoms with Gasteiger partial charge in [-0.3, -0.25) is 4.79 Å². The van der Waals surface area contributed by atoms with Gasteiger partial charge in [0.2, 0.25) is 0 Å². The number of ether oxygens (including phenoxy) is 1. The summed E-state index contributed by atoms with van der Waals surface area (Å²) in [5.41, 5.74) is 1.83. The Morgan fingerprint density at radius 3 is 3.00 bits per heavy atom. The molecule has 3 atom stereocenters. The summed E-state index contributed by atoms with van der Waals surface area (Å²) in [5.74, 6) is 0.374. The minimum Gasteiger partial charge on any atom is -0.394 e. The van der Waals surface area contributed by atoms with Gasteiger partial charge in [0.15, 0.2) is 0 Å². The molecule has 1 saturated heterocycles. The Labute approximate surface area is 183 Å². The highest BCUT2D eigenvalue weighted by molar-refractivity contribution is 5.94. The van der Waals surface area contributed by atoms with E-state index in [9.17, 15) is 9.90 Å². The summed E-state index contributed by atoms with van der Waals surface area (Å²) in [7, 11) is 0. The van der Waals surface area contributed by atoms with Crippen molar-refractivity contribution in [2.45, 2.75) is 63.1 Å². The number of carbonyl (C=O) groups is 1. The second kappa shape index (κ2) is 10.0. The SMILES string of the molecule is N#Cc1cccc(C(=O)N[C@@H](CO)[C@@H]2C[C@@H](n3cc(CC4CCCCC4)nn3)CO2)c1.[HH]. The minimum atomic E-state index is -0.534. The van der Waals surface area contributed by atoms with E-state index in [1.165, 1.54) is 38.2 Å². The zero-order chi connectivity index (χ0) is 21.6. The molecule has 1 aliphatic carbocycles. The molecule has 0 bridgehead atoms. The van der Waals surface area contributed by atoms with Gasteiger partial charge in [-0.25, -0.2) is 4.68 Å². The normalized spacial score (nSPS) is 22.7. The van der Waals surface area contributed by atoms with Gasteiger partial charge in [0.05, 0.1) is 48.7 Å². The molecule has 2 N–H and O–H groups in total. The van der Waals surface area contributed by atoms with E-state index in [1.54, 1.807) is 18.2 Å². The van der Waals surface area contributed by atoms with Crippen molar-refractivity contribution in [1.82, 2.24) is 20.3 Å². The fourth-order valence-corrected chi connectivity index (χ4v) is 4.61. The third-order valence-electron chi connectivity index (χ3n) is 6.38. The average molecular weight is 426 g/mol. The van der Waals surface area contributed by atoms with Crippen molar-refractivity contribution in [1.29, 1.82) is 5.26 Å². The van der Waals surface area contributed by atoms with Crippen LogP contribution < -0.4 is 5.32 Å². The molecule has 0 spiro atoms. The van der Waals surface area contributed by atoms with Crippen LogP contribution in [0.1, 0.15) is 67.6 Å². The van der Waals surface area contributed by atoms with Crippen LogP contribution in [0.15, 0.2) is 30.5 Å². The van der Waals surface area contributed by atoms with Crippen LogP contribution in [0.4, 0.5) is 0 Å². The molecule has 8 nitrogen and oxygen atoms in total. The van der Waals surface area contributed by atoms with Gasteiger partial charge in [-0.1, -0.05) is 43.4 Å². The molecule has 8 heteroatoms. The van der Waals surface area contributed by atoms with Gasteiger partial charge >= 0.3 is 0 Å². The largest absolute Gasteiger partial charge is 0.394 e. The molecule has 1 amide bonds. The third-order valence-corrected chi connectivity index (χ3v) is 6.38. The summed E-state index contributed by atoms with van der Waals surface area (Å²) in [6, 6.07) is 8.01. The van der Waals surface area contributed by atoms with Crippen LogP contribution in [-0.2, 0) is 11.2 Å². The van der Waals surface area contributed by atoms with E-state index >= 15 is 0 Å². The summed E-state index contributed by atoms with van der Waals surface area (Å²) >= 11 is 0. The van der Waals surface area contributed by atoms with Gasteiger partial charge in [-0.15, -0.1) is 5.10 Å². The van der Waals surface area contributed by atoms with E-state index in [1.807, 2.05) is 16.9 Å². The molecule has 0 radical (unpaired) electrons. The second-order valence-corrected chi connectivity index (χ2v) is 8.61. The Morgan fingerprint density at radius 1 is 1.39 bits per heavy atom. The van der Waals surface area contributed by atoms with Crippen molar-refractivity contribution in [2.24, 2.45) is 5.92 Å². The Kier molecular flexibility index (Phi) is 6.95. The molecule has 2 aromatic rings. The number of aliphatic hydroxyl groups is 1. The number of nitrogens with one attached hydrogen (secondary N) is 1. The topological polar surface area (TPSA) is 113 Å². The lowest BCUT2D eigenvalue weighted by Crippen LogP contribution is -2.45.